The largest absolute Gasteiger partial charge is 0.312 e. The van der Waals surface area contributed by atoms with E-state index in [-0.39, 0.29) is 0 Å². The highest BCUT2D eigenvalue weighted by Crippen LogP contribution is 2.29. The van der Waals surface area contributed by atoms with Crippen molar-refractivity contribution in [1.29, 1.82) is 0 Å². The third kappa shape index (κ3) is 3.32. The molecule has 0 N–H and O–H groups in total. The molecular weight excluding hydrogens is 352 g/mol. The lowest BCUT2D eigenvalue weighted by atomic mass is 10.1. The Hall–Kier alpha value is -2.61. The Bertz CT molecular complexity index is 999. The van der Waals surface area contributed by atoms with Gasteiger partial charge in [-0.25, -0.2) is 19.9 Å². The molecule has 0 bridgehead atoms. The summed E-state index contributed by atoms with van der Waals surface area (Å²) in [5, 5.41) is 4.45. The third-order valence-corrected chi connectivity index (χ3v) is 5.54. The Morgan fingerprint density at radius 1 is 1.29 bits per heavy atom. The molecule has 3 aromatic rings. The van der Waals surface area contributed by atoms with Gasteiger partial charge >= 0.3 is 0 Å². The van der Waals surface area contributed by atoms with Crippen LogP contribution < -0.4 is 0 Å². The van der Waals surface area contributed by atoms with Gasteiger partial charge in [0.2, 0.25) is 0 Å². The van der Waals surface area contributed by atoms with Gasteiger partial charge in [0.25, 0.3) is 0 Å². The second kappa shape index (κ2) is 7.79. The smallest absolute Gasteiger partial charge is 0.183 e. The topological polar surface area (TPSA) is 77.0 Å². The van der Waals surface area contributed by atoms with Gasteiger partial charge in [-0.3, -0.25) is 4.68 Å². The van der Waals surface area contributed by atoms with Crippen molar-refractivity contribution in [3.63, 3.8) is 0 Å². The molecule has 1 aliphatic rings. The minimum absolute atomic E-state index is 0.477. The van der Waals surface area contributed by atoms with Gasteiger partial charge in [-0.1, -0.05) is 6.92 Å². The van der Waals surface area contributed by atoms with Gasteiger partial charge in [0, 0.05) is 38.0 Å². The van der Waals surface area contributed by atoms with Crippen LogP contribution >= 0.6 is 0 Å². The van der Waals surface area contributed by atoms with Crippen molar-refractivity contribution < 1.29 is 0 Å². The van der Waals surface area contributed by atoms with Crippen molar-refractivity contribution in [3.05, 3.63) is 18.2 Å². The number of aliphatic imine (C=N–C) groups is 1. The molecule has 8 heteroatoms. The van der Waals surface area contributed by atoms with Gasteiger partial charge in [0.05, 0.1) is 11.8 Å². The molecule has 8 nitrogen and oxygen atoms in total. The van der Waals surface area contributed by atoms with Crippen molar-refractivity contribution >= 4 is 23.2 Å². The van der Waals surface area contributed by atoms with E-state index in [0.717, 1.165) is 60.8 Å². The predicted octanol–water partition coefficient (Wildman–Crippen LogP) is 2.99. The van der Waals surface area contributed by atoms with Crippen LogP contribution in [-0.2, 0) is 13.6 Å². The molecule has 28 heavy (non-hydrogen) atoms. The third-order valence-electron chi connectivity index (χ3n) is 5.54. The van der Waals surface area contributed by atoms with E-state index in [2.05, 4.69) is 40.7 Å². The minimum atomic E-state index is 0.477. The maximum atomic E-state index is 4.84. The lowest BCUT2D eigenvalue weighted by Gasteiger charge is -2.12. The summed E-state index contributed by atoms with van der Waals surface area (Å²) in [5.41, 5.74) is 3.65. The molecule has 148 valence electrons. The first kappa shape index (κ1) is 18.7. The first-order valence-electron chi connectivity index (χ1n) is 10.1. The fourth-order valence-electron chi connectivity index (χ4n) is 3.99. The molecule has 0 radical (unpaired) electrons. The number of aromatic nitrogens is 6. The minimum Gasteiger partial charge on any atom is -0.312 e. The molecule has 4 rings (SSSR count). The van der Waals surface area contributed by atoms with E-state index in [4.69, 9.17) is 9.98 Å². The van der Waals surface area contributed by atoms with Crippen molar-refractivity contribution in [1.82, 2.24) is 34.2 Å². The molecule has 0 aromatic carbocycles. The molecule has 1 atom stereocenters. The Labute approximate surface area is 165 Å². The number of hydrogen-bond donors (Lipinski definition) is 0. The van der Waals surface area contributed by atoms with Crippen LogP contribution in [0.3, 0.4) is 0 Å². The number of imidazole rings is 1. The molecular formula is C20H28N8. The van der Waals surface area contributed by atoms with Gasteiger partial charge in [-0.05, 0) is 39.8 Å². The molecule has 3 aromatic heterocycles. The lowest BCUT2D eigenvalue weighted by Crippen LogP contribution is -2.21. The summed E-state index contributed by atoms with van der Waals surface area (Å²) in [6.45, 7) is 10.6. The van der Waals surface area contributed by atoms with Gasteiger partial charge < -0.3 is 9.47 Å². The fraction of sp³-hybridized carbons (Fsp3) is 0.550. The monoisotopic (exact) mass is 380 g/mol. The Kier molecular flexibility index (Phi) is 5.21. The summed E-state index contributed by atoms with van der Waals surface area (Å²) >= 11 is 0. The van der Waals surface area contributed by atoms with Crippen LogP contribution in [0, 0.1) is 12.8 Å². The van der Waals surface area contributed by atoms with Gasteiger partial charge in [-0.15, -0.1) is 0 Å². The summed E-state index contributed by atoms with van der Waals surface area (Å²) in [6, 6.07) is 0. The van der Waals surface area contributed by atoms with Crippen LogP contribution in [0.25, 0.3) is 22.6 Å². The van der Waals surface area contributed by atoms with E-state index in [1.807, 2.05) is 28.7 Å². The summed E-state index contributed by atoms with van der Waals surface area (Å²) in [4.78, 5) is 20.9. The fourth-order valence-corrected chi connectivity index (χ4v) is 3.99. The molecule has 0 aliphatic carbocycles. The van der Waals surface area contributed by atoms with Crippen molar-refractivity contribution in [2.45, 2.75) is 40.2 Å². The van der Waals surface area contributed by atoms with Crippen LogP contribution in [0.15, 0.2) is 17.5 Å². The lowest BCUT2D eigenvalue weighted by molar-refractivity contribution is 0.335. The SMILES string of the molecule is CCCN1CCC(/C=N\c2ncnc3c2nc(-c2cnn(CC)c2C)n3C)C1. The first-order valence-corrected chi connectivity index (χ1v) is 10.1. The maximum absolute atomic E-state index is 4.84. The van der Waals surface area contributed by atoms with E-state index in [1.165, 1.54) is 6.42 Å². The number of likely N-dealkylation sites (tertiary alicyclic amines) is 1. The molecule has 1 saturated heterocycles. The van der Waals surface area contributed by atoms with E-state index in [0.29, 0.717) is 11.7 Å². The number of rotatable bonds is 6. The van der Waals surface area contributed by atoms with Crippen LogP contribution in [-0.4, -0.2) is 60.0 Å². The highest BCUT2D eigenvalue weighted by Gasteiger charge is 2.21. The average molecular weight is 381 g/mol. The molecule has 1 aliphatic heterocycles. The van der Waals surface area contributed by atoms with Crippen LogP contribution in [0.2, 0.25) is 0 Å². The number of nitrogens with zero attached hydrogens (tertiary/aromatic N) is 8. The van der Waals surface area contributed by atoms with E-state index in [9.17, 15) is 0 Å². The number of aryl methyl sites for hydroxylation is 2. The zero-order valence-electron chi connectivity index (χ0n) is 17.1. The van der Waals surface area contributed by atoms with Gasteiger partial charge in [0.1, 0.15) is 12.2 Å². The quantitative estimate of drug-likeness (QED) is 0.615. The maximum Gasteiger partial charge on any atom is 0.183 e. The number of fused-ring (bicyclic) bond motifs is 1. The first-order chi connectivity index (χ1) is 13.6. The zero-order valence-corrected chi connectivity index (χ0v) is 17.1. The normalized spacial score (nSPS) is 18.1. The van der Waals surface area contributed by atoms with Crippen LogP contribution in [0.4, 0.5) is 5.82 Å². The van der Waals surface area contributed by atoms with Crippen LogP contribution in [0.1, 0.15) is 32.4 Å². The molecule has 1 unspecified atom stereocenters. The Balaban J connectivity index is 1.65. The molecule has 1 fully saturated rings. The second-order valence-electron chi connectivity index (χ2n) is 7.45. The average Bonchev–Trinajstić information content (AvgIpc) is 3.38. The molecule has 0 saturated carbocycles. The zero-order chi connectivity index (χ0) is 19.7. The Morgan fingerprint density at radius 2 is 2.14 bits per heavy atom. The predicted molar refractivity (Wildman–Crippen MR) is 111 cm³/mol. The second-order valence-corrected chi connectivity index (χ2v) is 7.45. The number of hydrogen-bond acceptors (Lipinski definition) is 6. The Morgan fingerprint density at radius 3 is 2.89 bits per heavy atom. The van der Waals surface area contributed by atoms with Crippen molar-refractivity contribution in [2.75, 3.05) is 19.6 Å². The molecule has 0 amide bonds. The van der Waals surface area contributed by atoms with Gasteiger partial charge in [0.15, 0.2) is 17.0 Å². The van der Waals surface area contributed by atoms with E-state index in [1.54, 1.807) is 6.33 Å². The highest BCUT2D eigenvalue weighted by atomic mass is 15.3. The summed E-state index contributed by atoms with van der Waals surface area (Å²) in [6.07, 6.45) is 7.84. The molecule has 4 heterocycles. The summed E-state index contributed by atoms with van der Waals surface area (Å²) in [5.74, 6) is 1.96. The van der Waals surface area contributed by atoms with Crippen LogP contribution in [0.5, 0.6) is 0 Å². The van der Waals surface area contributed by atoms with Crippen molar-refractivity contribution in [3.8, 4) is 11.4 Å². The summed E-state index contributed by atoms with van der Waals surface area (Å²) in [7, 11) is 1.98. The highest BCUT2D eigenvalue weighted by molar-refractivity contribution is 5.86. The summed E-state index contributed by atoms with van der Waals surface area (Å²) < 4.78 is 3.97. The molecule has 0 spiro atoms. The van der Waals surface area contributed by atoms with Gasteiger partial charge in [-0.2, -0.15) is 5.10 Å². The standard InChI is InChI=1S/C20H28N8/c1-5-8-27-9-7-15(12-27)10-21-18-17-20(23-13-22-18)26(4)19(25-17)16-11-24-28(6-2)14(16)3/h10-11,13,15H,5-9,12H2,1-4H3/b21-10-. The van der Waals surface area contributed by atoms with E-state index >= 15 is 0 Å². The van der Waals surface area contributed by atoms with E-state index < -0.39 is 0 Å². The van der Waals surface area contributed by atoms with Crippen molar-refractivity contribution in [2.24, 2.45) is 18.0 Å².